The van der Waals surface area contributed by atoms with Gasteiger partial charge in [-0.1, -0.05) is 19.1 Å². The normalized spacial score (nSPS) is 17.3. The van der Waals surface area contributed by atoms with Gasteiger partial charge in [-0.25, -0.2) is 4.98 Å². The van der Waals surface area contributed by atoms with Crippen molar-refractivity contribution in [2.24, 2.45) is 0 Å². The van der Waals surface area contributed by atoms with Crippen molar-refractivity contribution < 1.29 is 4.74 Å². The Bertz CT molecular complexity index is 665. The second-order valence-corrected chi connectivity index (χ2v) is 5.67. The van der Waals surface area contributed by atoms with Crippen LogP contribution in [0.3, 0.4) is 0 Å². The van der Waals surface area contributed by atoms with Gasteiger partial charge in [-0.2, -0.15) is 0 Å². The number of anilines is 2. The van der Waals surface area contributed by atoms with Gasteiger partial charge in [0.05, 0.1) is 12.8 Å². The summed E-state index contributed by atoms with van der Waals surface area (Å²) in [5.74, 6) is 1.71. The van der Waals surface area contributed by atoms with Crippen LogP contribution in [-0.4, -0.2) is 12.1 Å². The summed E-state index contributed by atoms with van der Waals surface area (Å²) in [5.41, 5.74) is 17.4. The highest BCUT2D eigenvalue weighted by Crippen LogP contribution is 2.41. The van der Waals surface area contributed by atoms with E-state index in [9.17, 15) is 0 Å². The zero-order valence-corrected chi connectivity index (χ0v) is 12.5. The summed E-state index contributed by atoms with van der Waals surface area (Å²) in [6.45, 7) is 2.21. The molecule has 3 rings (SSSR count). The van der Waals surface area contributed by atoms with E-state index in [1.807, 2.05) is 24.3 Å². The molecule has 1 aromatic carbocycles. The van der Waals surface area contributed by atoms with Crippen molar-refractivity contribution >= 4 is 11.5 Å². The van der Waals surface area contributed by atoms with Crippen LogP contribution in [-0.2, 0) is 6.42 Å². The maximum absolute atomic E-state index is 6.24. The Hall–Kier alpha value is -2.23. The highest BCUT2D eigenvalue weighted by molar-refractivity contribution is 5.86. The number of pyridine rings is 1. The second kappa shape index (κ2) is 5.28. The first kappa shape index (κ1) is 13.7. The molecule has 0 fully saturated rings. The van der Waals surface area contributed by atoms with Crippen molar-refractivity contribution in [1.29, 1.82) is 0 Å². The molecule has 0 saturated carbocycles. The van der Waals surface area contributed by atoms with E-state index in [0.29, 0.717) is 17.4 Å². The van der Waals surface area contributed by atoms with E-state index < -0.39 is 0 Å². The van der Waals surface area contributed by atoms with Crippen LogP contribution in [0.1, 0.15) is 36.9 Å². The van der Waals surface area contributed by atoms with Gasteiger partial charge in [0.2, 0.25) is 0 Å². The van der Waals surface area contributed by atoms with Gasteiger partial charge >= 0.3 is 0 Å². The van der Waals surface area contributed by atoms with Gasteiger partial charge in [-0.3, -0.25) is 0 Å². The van der Waals surface area contributed by atoms with Gasteiger partial charge in [0.25, 0.3) is 0 Å². The topological polar surface area (TPSA) is 74.2 Å². The molecule has 4 heteroatoms. The zero-order valence-electron chi connectivity index (χ0n) is 12.5. The number of benzene rings is 1. The molecule has 0 spiro atoms. The molecule has 1 aliphatic rings. The molecule has 0 saturated heterocycles. The Kier molecular flexibility index (Phi) is 3.45. The van der Waals surface area contributed by atoms with Crippen molar-refractivity contribution in [1.82, 2.24) is 4.98 Å². The quantitative estimate of drug-likeness (QED) is 0.886. The number of nitrogen functional groups attached to an aromatic ring is 2. The Morgan fingerprint density at radius 1 is 1.19 bits per heavy atom. The molecule has 2 aromatic rings. The van der Waals surface area contributed by atoms with E-state index in [4.69, 9.17) is 16.2 Å². The lowest BCUT2D eigenvalue weighted by molar-refractivity contribution is 0.415. The predicted molar refractivity (Wildman–Crippen MR) is 86.4 cm³/mol. The molecule has 1 aliphatic carbocycles. The van der Waals surface area contributed by atoms with E-state index in [1.165, 1.54) is 12.0 Å². The third kappa shape index (κ3) is 2.31. The summed E-state index contributed by atoms with van der Waals surface area (Å²) in [6.07, 6.45) is 3.34. The van der Waals surface area contributed by atoms with Crippen molar-refractivity contribution in [3.05, 3.63) is 35.5 Å². The molecular weight excluding hydrogens is 262 g/mol. The van der Waals surface area contributed by atoms with Gasteiger partial charge in [0.15, 0.2) is 0 Å². The lowest BCUT2D eigenvalue weighted by Crippen LogP contribution is -2.15. The smallest absolute Gasteiger partial charge is 0.147 e. The van der Waals surface area contributed by atoms with Crippen LogP contribution in [0.4, 0.5) is 11.5 Å². The average Bonchev–Trinajstić information content (AvgIpc) is 2.50. The minimum atomic E-state index is 0.438. The Labute approximate surface area is 125 Å². The van der Waals surface area contributed by atoms with Crippen molar-refractivity contribution in [3.63, 3.8) is 0 Å². The van der Waals surface area contributed by atoms with E-state index in [0.717, 1.165) is 35.4 Å². The standard InChI is InChI=1S/C17H21N3O/c1-10-4-3-5-13-14(15(18)17(19)20-16(10)13)11-6-8-12(21-2)9-7-11/h6-10H,3-5,18H2,1-2H3,(H2,19,20). The molecule has 1 aromatic heterocycles. The van der Waals surface area contributed by atoms with Gasteiger partial charge < -0.3 is 16.2 Å². The van der Waals surface area contributed by atoms with Crippen LogP contribution >= 0.6 is 0 Å². The molecule has 1 unspecified atom stereocenters. The monoisotopic (exact) mass is 283 g/mol. The predicted octanol–water partition coefficient (Wildman–Crippen LogP) is 3.36. The number of fused-ring (bicyclic) bond motifs is 1. The van der Waals surface area contributed by atoms with E-state index in [-0.39, 0.29) is 0 Å². The number of nitrogens with zero attached hydrogens (tertiary/aromatic N) is 1. The highest BCUT2D eigenvalue weighted by atomic mass is 16.5. The Morgan fingerprint density at radius 3 is 2.57 bits per heavy atom. The SMILES string of the molecule is COc1ccc(-c2c(N)c(N)nc3c2CCCC3C)cc1. The van der Waals surface area contributed by atoms with Gasteiger partial charge in [0, 0.05) is 11.3 Å². The number of ether oxygens (including phenoxy) is 1. The van der Waals surface area contributed by atoms with Crippen LogP contribution in [0.5, 0.6) is 5.75 Å². The molecular formula is C17H21N3O. The number of hydrogen-bond acceptors (Lipinski definition) is 4. The third-order valence-electron chi connectivity index (χ3n) is 4.31. The zero-order chi connectivity index (χ0) is 15.0. The van der Waals surface area contributed by atoms with E-state index in [1.54, 1.807) is 7.11 Å². The van der Waals surface area contributed by atoms with Crippen molar-refractivity contribution in [2.75, 3.05) is 18.6 Å². The van der Waals surface area contributed by atoms with Gasteiger partial charge in [-0.05, 0) is 48.4 Å². The van der Waals surface area contributed by atoms with Crippen LogP contribution in [0, 0.1) is 0 Å². The second-order valence-electron chi connectivity index (χ2n) is 5.67. The summed E-state index contributed by atoms with van der Waals surface area (Å²) in [5, 5.41) is 0. The molecule has 0 radical (unpaired) electrons. The fourth-order valence-electron chi connectivity index (χ4n) is 3.15. The molecule has 0 aliphatic heterocycles. The highest BCUT2D eigenvalue weighted by Gasteiger charge is 2.24. The molecule has 1 atom stereocenters. The number of nitrogens with two attached hydrogens (primary N) is 2. The van der Waals surface area contributed by atoms with Gasteiger partial charge in [-0.15, -0.1) is 0 Å². The minimum Gasteiger partial charge on any atom is -0.497 e. The summed E-state index contributed by atoms with van der Waals surface area (Å²) >= 11 is 0. The number of aromatic nitrogens is 1. The minimum absolute atomic E-state index is 0.438. The maximum atomic E-state index is 6.24. The van der Waals surface area contributed by atoms with Crippen molar-refractivity contribution in [3.8, 4) is 16.9 Å². The molecule has 4 nitrogen and oxygen atoms in total. The fraction of sp³-hybridized carbons (Fsp3) is 0.353. The summed E-state index contributed by atoms with van der Waals surface area (Å²) in [7, 11) is 1.66. The first-order chi connectivity index (χ1) is 10.1. The molecule has 110 valence electrons. The Balaban J connectivity index is 2.20. The number of hydrogen-bond donors (Lipinski definition) is 2. The van der Waals surface area contributed by atoms with Crippen molar-refractivity contribution in [2.45, 2.75) is 32.1 Å². The van der Waals surface area contributed by atoms with Crippen LogP contribution in [0.25, 0.3) is 11.1 Å². The fourth-order valence-corrected chi connectivity index (χ4v) is 3.15. The lowest BCUT2D eigenvalue weighted by Gasteiger charge is -2.25. The number of methoxy groups -OCH3 is 1. The first-order valence-electron chi connectivity index (χ1n) is 7.34. The molecule has 0 amide bonds. The summed E-state index contributed by atoms with van der Waals surface area (Å²) < 4.78 is 5.22. The van der Waals surface area contributed by atoms with Crippen LogP contribution < -0.4 is 16.2 Å². The van der Waals surface area contributed by atoms with E-state index in [2.05, 4.69) is 11.9 Å². The molecule has 1 heterocycles. The number of rotatable bonds is 2. The van der Waals surface area contributed by atoms with Crippen LogP contribution in [0.15, 0.2) is 24.3 Å². The lowest BCUT2D eigenvalue weighted by atomic mass is 9.83. The molecule has 0 bridgehead atoms. The summed E-state index contributed by atoms with van der Waals surface area (Å²) in [6, 6.07) is 7.96. The molecule has 4 N–H and O–H groups in total. The summed E-state index contributed by atoms with van der Waals surface area (Å²) in [4.78, 5) is 4.54. The largest absolute Gasteiger partial charge is 0.497 e. The Morgan fingerprint density at radius 2 is 1.90 bits per heavy atom. The first-order valence-corrected chi connectivity index (χ1v) is 7.34. The van der Waals surface area contributed by atoms with Crippen LogP contribution in [0.2, 0.25) is 0 Å². The maximum Gasteiger partial charge on any atom is 0.147 e. The van der Waals surface area contributed by atoms with Gasteiger partial charge in [0.1, 0.15) is 11.6 Å². The third-order valence-corrected chi connectivity index (χ3v) is 4.31. The average molecular weight is 283 g/mol. The molecule has 21 heavy (non-hydrogen) atoms. The van der Waals surface area contributed by atoms with E-state index >= 15 is 0 Å².